The minimum Gasteiger partial charge on any atom is -0.284 e. The predicted octanol–water partition coefficient (Wildman–Crippen LogP) is 5.89. The highest BCUT2D eigenvalue weighted by molar-refractivity contribution is 6.00. The van der Waals surface area contributed by atoms with Gasteiger partial charge in [0, 0.05) is 5.92 Å². The van der Waals surface area contributed by atoms with Crippen molar-refractivity contribution in [1.82, 2.24) is 0 Å². The molecule has 0 N–H and O–H groups in total. The second-order valence-corrected chi connectivity index (χ2v) is 5.96. The number of halogens is 5. The van der Waals surface area contributed by atoms with E-state index in [-0.39, 0.29) is 0 Å². The smallest absolute Gasteiger partial charge is 0.284 e. The highest BCUT2D eigenvalue weighted by Crippen LogP contribution is 2.34. The normalized spacial score (nSPS) is 12.6. The molecule has 0 amide bonds. The van der Waals surface area contributed by atoms with Gasteiger partial charge in [-0.05, 0) is 41.0 Å². The van der Waals surface area contributed by atoms with E-state index in [2.05, 4.69) is 0 Å². The number of hydrogen-bond donors (Lipinski definition) is 0. The molecule has 3 aromatic carbocycles. The lowest BCUT2D eigenvalue weighted by atomic mass is 9.84. The van der Waals surface area contributed by atoms with Crippen molar-refractivity contribution in [2.75, 3.05) is 0 Å². The van der Waals surface area contributed by atoms with E-state index in [9.17, 15) is 26.7 Å². The molecule has 0 spiro atoms. The van der Waals surface area contributed by atoms with Crippen LogP contribution in [-0.2, 0) is 0 Å². The Kier molecular flexibility index (Phi) is 5.08. The Morgan fingerprint density at radius 2 is 1.30 bits per heavy atom. The maximum atomic E-state index is 13.9. The van der Waals surface area contributed by atoms with Gasteiger partial charge in [-0.2, -0.15) is 13.2 Å². The number of carbonyl (C=O) groups is 1. The number of hydrogen-bond acceptors (Lipinski definition) is 1. The van der Waals surface area contributed by atoms with Crippen LogP contribution < -0.4 is 0 Å². The Morgan fingerprint density at radius 1 is 0.741 bits per heavy atom. The molecule has 0 aromatic heterocycles. The van der Waals surface area contributed by atoms with Crippen molar-refractivity contribution in [2.45, 2.75) is 12.1 Å². The van der Waals surface area contributed by atoms with Crippen LogP contribution in [0.25, 0.3) is 0 Å². The first-order chi connectivity index (χ1) is 12.8. The fourth-order valence-corrected chi connectivity index (χ4v) is 2.93. The van der Waals surface area contributed by atoms with Crippen LogP contribution in [0.5, 0.6) is 0 Å². The third-order valence-electron chi connectivity index (χ3n) is 4.16. The zero-order valence-corrected chi connectivity index (χ0v) is 13.8. The van der Waals surface area contributed by atoms with Gasteiger partial charge in [-0.3, -0.25) is 4.79 Å². The molecule has 1 nitrogen and oxygen atoms in total. The molecule has 3 rings (SSSR count). The Bertz CT molecular complexity index is 947. The monoisotopic (exact) mass is 376 g/mol. The first-order valence-electron chi connectivity index (χ1n) is 7.99. The minimum absolute atomic E-state index is 0.293. The summed E-state index contributed by atoms with van der Waals surface area (Å²) in [6, 6.07) is 17.3. The van der Waals surface area contributed by atoms with Crippen molar-refractivity contribution in [3.05, 3.63) is 107 Å². The van der Waals surface area contributed by atoms with Crippen LogP contribution in [-0.4, -0.2) is 12.0 Å². The van der Waals surface area contributed by atoms with Crippen LogP contribution in [0.4, 0.5) is 22.0 Å². The van der Waals surface area contributed by atoms with Gasteiger partial charge in [0.1, 0.15) is 11.6 Å². The van der Waals surface area contributed by atoms with E-state index < -0.39 is 35.1 Å². The summed E-state index contributed by atoms with van der Waals surface area (Å²) < 4.78 is 65.5. The van der Waals surface area contributed by atoms with Gasteiger partial charge >= 0.3 is 6.18 Å². The summed E-state index contributed by atoms with van der Waals surface area (Å²) in [4.78, 5) is 11.6. The number of benzene rings is 3. The van der Waals surface area contributed by atoms with E-state index >= 15 is 0 Å². The van der Waals surface area contributed by atoms with Crippen LogP contribution >= 0.6 is 0 Å². The minimum atomic E-state index is -5.18. The molecule has 0 saturated carbocycles. The first-order valence-corrected chi connectivity index (χ1v) is 7.99. The van der Waals surface area contributed by atoms with Gasteiger partial charge < -0.3 is 0 Å². The number of Topliss-reactive ketones (excluding diaryl/α,β-unsaturated/α-hetero) is 1. The van der Waals surface area contributed by atoms with E-state index in [1.165, 1.54) is 30.3 Å². The molecule has 3 aromatic rings. The van der Waals surface area contributed by atoms with Crippen molar-refractivity contribution in [2.24, 2.45) is 0 Å². The first kappa shape index (κ1) is 18.8. The molecule has 0 saturated heterocycles. The van der Waals surface area contributed by atoms with E-state index in [0.717, 1.165) is 12.1 Å². The van der Waals surface area contributed by atoms with E-state index in [4.69, 9.17) is 0 Å². The maximum absolute atomic E-state index is 13.9. The Hall–Kier alpha value is -3.02. The molecule has 0 radical (unpaired) electrons. The zero-order valence-electron chi connectivity index (χ0n) is 13.8. The lowest BCUT2D eigenvalue weighted by Gasteiger charge is -2.20. The van der Waals surface area contributed by atoms with E-state index in [0.29, 0.717) is 16.7 Å². The lowest BCUT2D eigenvalue weighted by molar-refractivity contribution is -0.0887. The number of ketones is 1. The summed E-state index contributed by atoms with van der Waals surface area (Å²) in [5.74, 6) is -4.54. The fourth-order valence-electron chi connectivity index (χ4n) is 2.93. The fraction of sp³-hybridized carbons (Fsp3) is 0.0952. The van der Waals surface area contributed by atoms with Crippen LogP contribution in [0.1, 0.15) is 33.0 Å². The average Bonchev–Trinajstić information content (AvgIpc) is 2.64. The van der Waals surface area contributed by atoms with Crippen LogP contribution in [0.3, 0.4) is 0 Å². The van der Waals surface area contributed by atoms with Gasteiger partial charge in [0.15, 0.2) is 0 Å². The summed E-state index contributed by atoms with van der Waals surface area (Å²) >= 11 is 0. The molecule has 1 unspecified atom stereocenters. The molecule has 0 heterocycles. The van der Waals surface area contributed by atoms with Crippen molar-refractivity contribution in [3.63, 3.8) is 0 Å². The number of rotatable bonds is 4. The second-order valence-electron chi connectivity index (χ2n) is 5.96. The molecule has 0 aliphatic rings. The molecule has 0 aliphatic carbocycles. The highest BCUT2D eigenvalue weighted by Gasteiger charge is 2.41. The van der Waals surface area contributed by atoms with Crippen LogP contribution in [0, 0.1) is 11.6 Å². The Morgan fingerprint density at radius 3 is 1.89 bits per heavy atom. The van der Waals surface area contributed by atoms with Gasteiger partial charge in [-0.1, -0.05) is 48.5 Å². The largest absolute Gasteiger partial charge is 0.454 e. The predicted molar refractivity (Wildman–Crippen MR) is 90.6 cm³/mol. The third-order valence-corrected chi connectivity index (χ3v) is 4.16. The highest BCUT2D eigenvalue weighted by atomic mass is 19.4. The average molecular weight is 376 g/mol. The summed E-state index contributed by atoms with van der Waals surface area (Å²) in [6.45, 7) is 0. The Balaban J connectivity index is 2.16. The van der Waals surface area contributed by atoms with Gasteiger partial charge in [0.05, 0.1) is 5.56 Å². The Labute approximate surface area is 152 Å². The van der Waals surface area contributed by atoms with E-state index in [1.54, 1.807) is 30.3 Å². The third kappa shape index (κ3) is 4.05. The molecule has 138 valence electrons. The molecule has 0 bridgehead atoms. The van der Waals surface area contributed by atoms with Crippen molar-refractivity contribution < 1.29 is 26.7 Å². The van der Waals surface area contributed by atoms with Crippen molar-refractivity contribution >= 4 is 5.78 Å². The second kappa shape index (κ2) is 7.31. The van der Waals surface area contributed by atoms with Gasteiger partial charge in [-0.15, -0.1) is 0 Å². The van der Waals surface area contributed by atoms with Gasteiger partial charge in [0.2, 0.25) is 0 Å². The standard InChI is InChI=1S/C21H13F5O/c22-16-9-6-14(7-10-16)19(13-4-2-1-3-5-13)15-8-11-18(23)17(12-15)20(27)21(24,25)26/h1-12,19H. The molecule has 6 heteroatoms. The zero-order chi connectivity index (χ0) is 19.6. The quantitative estimate of drug-likeness (QED) is 0.315. The molecule has 0 aliphatic heterocycles. The topological polar surface area (TPSA) is 17.1 Å². The van der Waals surface area contributed by atoms with Crippen molar-refractivity contribution in [1.29, 1.82) is 0 Å². The van der Waals surface area contributed by atoms with Gasteiger partial charge in [-0.25, -0.2) is 8.78 Å². The number of carbonyl (C=O) groups excluding carboxylic acids is 1. The van der Waals surface area contributed by atoms with Crippen LogP contribution in [0.2, 0.25) is 0 Å². The van der Waals surface area contributed by atoms with Crippen LogP contribution in [0.15, 0.2) is 72.8 Å². The SMILES string of the molecule is O=C(c1cc(C(c2ccccc2)c2ccc(F)cc2)ccc1F)C(F)(F)F. The summed E-state index contributed by atoms with van der Waals surface area (Å²) in [7, 11) is 0. The van der Waals surface area contributed by atoms with E-state index in [1.807, 2.05) is 0 Å². The molecular weight excluding hydrogens is 363 g/mol. The summed E-state index contributed by atoms with van der Waals surface area (Å²) in [5.41, 5.74) is 0.561. The summed E-state index contributed by atoms with van der Waals surface area (Å²) in [6.07, 6.45) is -5.18. The maximum Gasteiger partial charge on any atom is 0.454 e. The molecule has 1 atom stereocenters. The lowest BCUT2D eigenvalue weighted by Crippen LogP contribution is -2.24. The molecule has 27 heavy (non-hydrogen) atoms. The van der Waals surface area contributed by atoms with Crippen molar-refractivity contribution in [3.8, 4) is 0 Å². The van der Waals surface area contributed by atoms with Gasteiger partial charge in [0.25, 0.3) is 5.78 Å². The summed E-state index contributed by atoms with van der Waals surface area (Å²) in [5, 5.41) is 0. The molecular formula is C21H13F5O. The number of alkyl halides is 3. The molecule has 0 fully saturated rings.